The molecule has 0 aliphatic carbocycles. The highest BCUT2D eigenvalue weighted by atomic mass is 32.2. The average molecular weight is 379 g/mol. The number of aromatic nitrogens is 4. The number of hydrogen-bond acceptors (Lipinski definition) is 6. The summed E-state index contributed by atoms with van der Waals surface area (Å²) in [7, 11) is -3.68. The van der Waals surface area contributed by atoms with Crippen LogP contribution in [0.3, 0.4) is 0 Å². The Morgan fingerprint density at radius 2 is 1.85 bits per heavy atom. The van der Waals surface area contributed by atoms with Crippen molar-refractivity contribution in [2.24, 2.45) is 0 Å². The molecule has 1 saturated heterocycles. The molecule has 2 aromatic heterocycles. The molecule has 1 N–H and O–H groups in total. The zero-order chi connectivity index (χ0) is 18.9. The van der Waals surface area contributed by atoms with Gasteiger partial charge in [0, 0.05) is 31.4 Å². The van der Waals surface area contributed by atoms with E-state index in [1.165, 1.54) is 0 Å². The van der Waals surface area contributed by atoms with Gasteiger partial charge in [-0.3, -0.25) is 4.68 Å². The minimum Gasteiger partial charge on any atom is -0.357 e. The van der Waals surface area contributed by atoms with Gasteiger partial charge in [-0.2, -0.15) is 5.10 Å². The van der Waals surface area contributed by atoms with E-state index < -0.39 is 10.0 Å². The Kier molecular flexibility index (Phi) is 5.29. The van der Waals surface area contributed by atoms with E-state index in [1.54, 1.807) is 18.5 Å². The zero-order valence-corrected chi connectivity index (χ0v) is 16.6. The van der Waals surface area contributed by atoms with Crippen LogP contribution in [0.4, 0.5) is 5.82 Å². The summed E-state index contributed by atoms with van der Waals surface area (Å²) in [6, 6.07) is 1.95. The van der Waals surface area contributed by atoms with E-state index in [4.69, 9.17) is 0 Å². The quantitative estimate of drug-likeness (QED) is 0.822. The molecule has 9 heteroatoms. The van der Waals surface area contributed by atoms with Crippen molar-refractivity contribution in [3.63, 3.8) is 0 Å². The smallest absolute Gasteiger partial charge is 0.244 e. The van der Waals surface area contributed by atoms with E-state index in [-0.39, 0.29) is 11.4 Å². The van der Waals surface area contributed by atoms with Gasteiger partial charge in [0.2, 0.25) is 10.0 Å². The summed E-state index contributed by atoms with van der Waals surface area (Å²) in [5.41, 5.74) is 1.97. The van der Waals surface area contributed by atoms with Gasteiger partial charge in [0.05, 0.1) is 17.9 Å². The summed E-state index contributed by atoms with van der Waals surface area (Å²) in [6.45, 7) is 9.97. The van der Waals surface area contributed by atoms with E-state index in [1.807, 2.05) is 19.9 Å². The molecule has 0 amide bonds. The monoisotopic (exact) mass is 378 g/mol. The van der Waals surface area contributed by atoms with Crippen LogP contribution in [0.25, 0.3) is 0 Å². The van der Waals surface area contributed by atoms with Crippen LogP contribution >= 0.6 is 0 Å². The van der Waals surface area contributed by atoms with Gasteiger partial charge >= 0.3 is 0 Å². The number of nitrogens with one attached hydrogen (secondary N) is 1. The summed E-state index contributed by atoms with van der Waals surface area (Å²) in [4.78, 5) is 11.4. The molecule has 142 valence electrons. The van der Waals surface area contributed by atoms with Crippen LogP contribution in [0.15, 0.2) is 11.0 Å². The highest BCUT2D eigenvalue weighted by Crippen LogP contribution is 2.21. The molecule has 1 aliphatic heterocycles. The summed E-state index contributed by atoms with van der Waals surface area (Å²) in [5.74, 6) is 1.35. The Bertz CT molecular complexity index is 900. The normalized spacial score (nSPS) is 15.0. The van der Waals surface area contributed by atoms with Crippen molar-refractivity contribution in [1.82, 2.24) is 24.5 Å². The van der Waals surface area contributed by atoms with Gasteiger partial charge in [-0.15, -0.1) is 0 Å². The Hall–Kier alpha value is -2.00. The van der Waals surface area contributed by atoms with E-state index in [9.17, 15) is 8.42 Å². The maximum atomic E-state index is 12.8. The molecule has 0 atom stereocenters. The van der Waals surface area contributed by atoms with Gasteiger partial charge in [-0.1, -0.05) is 0 Å². The second kappa shape index (κ2) is 7.32. The van der Waals surface area contributed by atoms with Crippen LogP contribution in [-0.2, 0) is 23.1 Å². The first-order valence-electron chi connectivity index (χ1n) is 8.95. The van der Waals surface area contributed by atoms with E-state index in [0.717, 1.165) is 37.4 Å². The van der Waals surface area contributed by atoms with Crippen molar-refractivity contribution in [3.05, 3.63) is 29.0 Å². The lowest BCUT2D eigenvalue weighted by molar-refractivity contribution is 0.576. The highest BCUT2D eigenvalue weighted by Gasteiger charge is 2.24. The van der Waals surface area contributed by atoms with Gasteiger partial charge in [-0.05, 0) is 40.5 Å². The molecule has 26 heavy (non-hydrogen) atoms. The largest absolute Gasteiger partial charge is 0.357 e. The first-order chi connectivity index (χ1) is 12.3. The lowest BCUT2D eigenvalue weighted by Crippen LogP contribution is -2.26. The number of aryl methyl sites for hydroxylation is 3. The van der Waals surface area contributed by atoms with Crippen molar-refractivity contribution in [1.29, 1.82) is 0 Å². The molecule has 1 aliphatic rings. The van der Waals surface area contributed by atoms with Gasteiger partial charge in [0.1, 0.15) is 16.5 Å². The fourth-order valence-electron chi connectivity index (χ4n) is 3.41. The second-order valence-electron chi connectivity index (χ2n) is 6.62. The standard InChI is InChI=1S/C17H26N6O2S/c1-5-23-14(4)17(13(3)21-23)26(24,25)18-11-15-19-12(2)10-16(20-15)22-8-6-7-9-22/h10,18H,5-9,11H2,1-4H3. The number of rotatable bonds is 6. The molecule has 0 unspecified atom stereocenters. The Labute approximate surface area is 154 Å². The molecule has 3 rings (SSSR count). The maximum absolute atomic E-state index is 12.8. The topological polar surface area (TPSA) is 93.0 Å². The molecule has 0 spiro atoms. The number of sulfonamides is 1. The molecule has 2 aromatic rings. The van der Waals surface area contributed by atoms with Crippen molar-refractivity contribution < 1.29 is 8.42 Å². The summed E-state index contributed by atoms with van der Waals surface area (Å²) < 4.78 is 29.9. The molecular formula is C17H26N6O2S. The van der Waals surface area contributed by atoms with Crippen molar-refractivity contribution in [2.75, 3.05) is 18.0 Å². The third-order valence-corrected chi connectivity index (χ3v) is 6.27. The molecule has 0 saturated carbocycles. The molecular weight excluding hydrogens is 352 g/mol. The second-order valence-corrected chi connectivity index (χ2v) is 8.32. The number of hydrogen-bond donors (Lipinski definition) is 1. The maximum Gasteiger partial charge on any atom is 0.244 e. The van der Waals surface area contributed by atoms with Crippen LogP contribution in [-0.4, -0.2) is 41.3 Å². The van der Waals surface area contributed by atoms with Crippen molar-refractivity contribution in [2.45, 2.75) is 58.5 Å². The predicted octanol–water partition coefficient (Wildman–Crippen LogP) is 1.70. The SMILES string of the molecule is CCn1nc(C)c(S(=O)(=O)NCc2nc(C)cc(N3CCCC3)n2)c1C. The van der Waals surface area contributed by atoms with E-state index in [2.05, 4.69) is 24.7 Å². The molecule has 0 aromatic carbocycles. The predicted molar refractivity (Wildman–Crippen MR) is 99.6 cm³/mol. The van der Waals surface area contributed by atoms with Crippen LogP contribution in [0.2, 0.25) is 0 Å². The number of nitrogens with zero attached hydrogens (tertiary/aromatic N) is 5. The minimum atomic E-state index is -3.68. The molecule has 0 radical (unpaired) electrons. The molecule has 1 fully saturated rings. The molecule has 3 heterocycles. The minimum absolute atomic E-state index is 0.0566. The first-order valence-corrected chi connectivity index (χ1v) is 10.4. The van der Waals surface area contributed by atoms with E-state index >= 15 is 0 Å². The van der Waals surface area contributed by atoms with Crippen LogP contribution < -0.4 is 9.62 Å². The van der Waals surface area contributed by atoms with Crippen LogP contribution in [0.1, 0.15) is 42.7 Å². The van der Waals surface area contributed by atoms with Gasteiger partial charge in [-0.25, -0.2) is 23.1 Å². The fraction of sp³-hybridized carbons (Fsp3) is 0.588. The van der Waals surface area contributed by atoms with Gasteiger partial charge < -0.3 is 4.90 Å². The zero-order valence-electron chi connectivity index (χ0n) is 15.8. The average Bonchev–Trinajstić information content (AvgIpc) is 3.21. The third kappa shape index (κ3) is 3.73. The van der Waals surface area contributed by atoms with Gasteiger partial charge in [0.25, 0.3) is 0 Å². The molecule has 8 nitrogen and oxygen atoms in total. The van der Waals surface area contributed by atoms with Crippen LogP contribution in [0.5, 0.6) is 0 Å². The first kappa shape index (κ1) is 18.8. The fourth-order valence-corrected chi connectivity index (χ4v) is 4.80. The Morgan fingerprint density at radius 1 is 1.15 bits per heavy atom. The summed E-state index contributed by atoms with van der Waals surface area (Å²) in [5, 5.41) is 4.29. The van der Waals surface area contributed by atoms with Crippen LogP contribution in [0, 0.1) is 20.8 Å². The Morgan fingerprint density at radius 3 is 2.46 bits per heavy atom. The van der Waals surface area contributed by atoms with E-state index in [0.29, 0.717) is 23.8 Å². The highest BCUT2D eigenvalue weighted by molar-refractivity contribution is 7.89. The molecule has 0 bridgehead atoms. The summed E-state index contributed by atoms with van der Waals surface area (Å²) in [6.07, 6.45) is 2.32. The van der Waals surface area contributed by atoms with Gasteiger partial charge in [0.15, 0.2) is 0 Å². The van der Waals surface area contributed by atoms with Crippen molar-refractivity contribution >= 4 is 15.8 Å². The summed E-state index contributed by atoms with van der Waals surface area (Å²) >= 11 is 0. The lowest BCUT2D eigenvalue weighted by Gasteiger charge is -2.17. The number of anilines is 1. The van der Waals surface area contributed by atoms with Crippen molar-refractivity contribution in [3.8, 4) is 0 Å². The third-order valence-electron chi connectivity index (χ3n) is 4.62. The lowest BCUT2D eigenvalue weighted by atomic mass is 10.4. The Balaban J connectivity index is 1.81.